The Morgan fingerprint density at radius 3 is 2.14 bits per heavy atom. The van der Waals surface area contributed by atoms with E-state index in [2.05, 4.69) is 4.99 Å². The molecule has 6 heteroatoms. The number of hydrogen-bond donors (Lipinski definition) is 0. The fraction of sp³-hybridized carbons (Fsp3) is 0.250. The van der Waals surface area contributed by atoms with Crippen molar-refractivity contribution >= 4 is 17.6 Å². The van der Waals surface area contributed by atoms with Crippen LogP contribution in [0.15, 0.2) is 52.4 Å². The van der Waals surface area contributed by atoms with Crippen LogP contribution in [-0.4, -0.2) is 40.3 Å². The molecule has 22 heavy (non-hydrogen) atoms. The van der Waals surface area contributed by atoms with Gasteiger partial charge in [-0.05, 0) is 0 Å². The first-order valence-electron chi connectivity index (χ1n) is 6.51. The largest absolute Gasteiger partial charge is 0.494 e. The lowest BCUT2D eigenvalue weighted by Crippen LogP contribution is -2.15. The van der Waals surface area contributed by atoms with Gasteiger partial charge in [0.15, 0.2) is 22.8 Å². The molecule has 2 rings (SSSR count). The van der Waals surface area contributed by atoms with Crippen LogP contribution in [0, 0.1) is 0 Å². The Morgan fingerprint density at radius 1 is 0.955 bits per heavy atom. The average molecular weight is 303 g/mol. The molecule has 6 nitrogen and oxygen atoms in total. The predicted molar refractivity (Wildman–Crippen MR) is 80.9 cm³/mol. The van der Waals surface area contributed by atoms with Crippen LogP contribution >= 0.6 is 0 Å². The third kappa shape index (κ3) is 2.67. The number of benzene rings is 1. The van der Waals surface area contributed by atoms with Crippen LogP contribution in [0.4, 0.5) is 0 Å². The summed E-state index contributed by atoms with van der Waals surface area (Å²) in [5.74, 6) is 0.274. The highest BCUT2D eigenvalue weighted by Gasteiger charge is 2.34. The number of nitrogens with zero attached hydrogens (tertiary/aromatic N) is 1. The maximum Gasteiger partial charge on any atom is 0.347 e. The summed E-state index contributed by atoms with van der Waals surface area (Å²) in [7, 11) is 5.68. The summed E-state index contributed by atoms with van der Waals surface area (Å²) >= 11 is 0. The summed E-state index contributed by atoms with van der Waals surface area (Å²) in [5, 5.41) is 0. The molecule has 0 atom stereocenters. The average Bonchev–Trinajstić information content (AvgIpc) is 2.94. The van der Waals surface area contributed by atoms with E-state index in [9.17, 15) is 4.79 Å². The molecule has 0 bridgehead atoms. The fourth-order valence-corrected chi connectivity index (χ4v) is 2.15. The Kier molecular flexibility index (Phi) is 4.83. The molecule has 0 aliphatic carbocycles. The van der Waals surface area contributed by atoms with E-state index in [-0.39, 0.29) is 17.2 Å². The minimum atomic E-state index is -0.587. The van der Waals surface area contributed by atoms with E-state index in [0.717, 1.165) is 5.56 Å². The number of hydrogen-bond acceptors (Lipinski definition) is 6. The van der Waals surface area contributed by atoms with Gasteiger partial charge in [0.1, 0.15) is 0 Å². The van der Waals surface area contributed by atoms with Gasteiger partial charge >= 0.3 is 5.97 Å². The Hall–Kier alpha value is -2.76. The monoisotopic (exact) mass is 303 g/mol. The highest BCUT2D eigenvalue weighted by Crippen LogP contribution is 2.33. The van der Waals surface area contributed by atoms with Crippen LogP contribution in [0.25, 0.3) is 5.76 Å². The second kappa shape index (κ2) is 6.80. The minimum Gasteiger partial charge on any atom is -0.494 e. The molecule has 0 aromatic heterocycles. The van der Waals surface area contributed by atoms with Gasteiger partial charge in [0.25, 0.3) is 0 Å². The molecule has 0 unspecified atom stereocenters. The molecule has 0 radical (unpaired) electrons. The lowest BCUT2D eigenvalue weighted by atomic mass is 10.1. The molecule has 0 spiro atoms. The van der Waals surface area contributed by atoms with Gasteiger partial charge in [-0.2, -0.15) is 0 Å². The molecule has 0 amide bonds. The first-order chi connectivity index (χ1) is 10.7. The molecule has 0 fully saturated rings. The summed E-state index contributed by atoms with van der Waals surface area (Å²) in [6.07, 6.45) is 0. The molecule has 1 aromatic carbocycles. The zero-order valence-corrected chi connectivity index (χ0v) is 12.9. The van der Waals surface area contributed by atoms with Crippen molar-refractivity contribution in [2.75, 3.05) is 28.4 Å². The highest BCUT2D eigenvalue weighted by atomic mass is 16.5. The third-order valence-corrected chi connectivity index (χ3v) is 3.11. The number of carbonyl (C=O) groups excluding carboxylic acids is 1. The Bertz CT molecular complexity index is 658. The summed E-state index contributed by atoms with van der Waals surface area (Å²) < 4.78 is 20.7. The van der Waals surface area contributed by atoms with Gasteiger partial charge in [0.05, 0.1) is 28.4 Å². The van der Waals surface area contributed by atoms with E-state index in [4.69, 9.17) is 18.9 Å². The van der Waals surface area contributed by atoms with Crippen molar-refractivity contribution in [1.29, 1.82) is 0 Å². The predicted octanol–water partition coefficient (Wildman–Crippen LogP) is 2.13. The van der Waals surface area contributed by atoms with Crippen LogP contribution in [0.1, 0.15) is 5.56 Å². The maximum atomic E-state index is 12.0. The zero-order valence-electron chi connectivity index (χ0n) is 12.9. The Labute approximate surface area is 128 Å². The van der Waals surface area contributed by atoms with Crippen molar-refractivity contribution in [1.82, 2.24) is 0 Å². The standard InChI is InChI=1S/C16H17NO5/c1-19-13(10-8-6-5-7-9-10)12-14(20-2)11(16(18)22-4)15(17-12)21-3/h5-9H,1-4H3/b13-12-. The fourth-order valence-electron chi connectivity index (χ4n) is 2.15. The Balaban J connectivity index is 2.68. The van der Waals surface area contributed by atoms with Gasteiger partial charge in [-0.3, -0.25) is 0 Å². The zero-order chi connectivity index (χ0) is 16.1. The van der Waals surface area contributed by atoms with E-state index in [0.29, 0.717) is 11.5 Å². The lowest BCUT2D eigenvalue weighted by Gasteiger charge is -2.11. The van der Waals surface area contributed by atoms with E-state index in [1.165, 1.54) is 28.4 Å². The van der Waals surface area contributed by atoms with Gasteiger partial charge in [-0.25, -0.2) is 9.79 Å². The second-order valence-corrected chi connectivity index (χ2v) is 4.27. The van der Waals surface area contributed by atoms with Gasteiger partial charge in [0.2, 0.25) is 5.90 Å². The summed E-state index contributed by atoms with van der Waals surface area (Å²) in [6.45, 7) is 0. The number of aliphatic imine (C=N–C) groups is 1. The number of methoxy groups -OCH3 is 4. The molecule has 1 aliphatic rings. The first-order valence-corrected chi connectivity index (χ1v) is 6.51. The minimum absolute atomic E-state index is 0.129. The van der Waals surface area contributed by atoms with Crippen molar-refractivity contribution in [3.05, 3.63) is 52.9 Å². The number of carbonyl (C=O) groups is 1. The molecule has 1 heterocycles. The normalized spacial score (nSPS) is 16.1. The second-order valence-electron chi connectivity index (χ2n) is 4.27. The van der Waals surface area contributed by atoms with E-state index in [1.807, 2.05) is 30.3 Å². The van der Waals surface area contributed by atoms with Crippen LogP contribution in [0.5, 0.6) is 0 Å². The van der Waals surface area contributed by atoms with Crippen molar-refractivity contribution in [3.8, 4) is 0 Å². The van der Waals surface area contributed by atoms with Gasteiger partial charge in [0, 0.05) is 5.56 Å². The van der Waals surface area contributed by atoms with Crippen molar-refractivity contribution in [3.63, 3.8) is 0 Å². The topological polar surface area (TPSA) is 66.4 Å². The molecule has 1 aliphatic heterocycles. The van der Waals surface area contributed by atoms with Crippen LogP contribution in [0.2, 0.25) is 0 Å². The Morgan fingerprint density at radius 2 is 1.64 bits per heavy atom. The number of rotatable bonds is 4. The van der Waals surface area contributed by atoms with Crippen molar-refractivity contribution in [2.45, 2.75) is 0 Å². The molecular weight excluding hydrogens is 286 g/mol. The molecular formula is C16H17NO5. The lowest BCUT2D eigenvalue weighted by molar-refractivity contribution is -0.135. The molecule has 116 valence electrons. The molecule has 0 saturated carbocycles. The smallest absolute Gasteiger partial charge is 0.347 e. The van der Waals surface area contributed by atoms with Gasteiger partial charge < -0.3 is 18.9 Å². The number of ether oxygens (including phenoxy) is 4. The molecule has 0 N–H and O–H groups in total. The van der Waals surface area contributed by atoms with Crippen molar-refractivity contribution < 1.29 is 23.7 Å². The van der Waals surface area contributed by atoms with Gasteiger partial charge in [-0.1, -0.05) is 30.3 Å². The summed E-state index contributed by atoms with van der Waals surface area (Å²) in [5.41, 5.74) is 1.32. The third-order valence-electron chi connectivity index (χ3n) is 3.11. The highest BCUT2D eigenvalue weighted by molar-refractivity contribution is 6.19. The van der Waals surface area contributed by atoms with E-state index in [1.54, 1.807) is 0 Å². The van der Waals surface area contributed by atoms with E-state index >= 15 is 0 Å². The van der Waals surface area contributed by atoms with E-state index < -0.39 is 5.97 Å². The summed E-state index contributed by atoms with van der Waals surface area (Å²) in [4.78, 5) is 16.3. The quantitative estimate of drug-likeness (QED) is 0.630. The van der Waals surface area contributed by atoms with Crippen molar-refractivity contribution in [2.24, 2.45) is 4.99 Å². The van der Waals surface area contributed by atoms with Crippen LogP contribution in [0.3, 0.4) is 0 Å². The van der Waals surface area contributed by atoms with Crippen LogP contribution < -0.4 is 0 Å². The number of esters is 1. The molecule has 0 saturated heterocycles. The SMILES string of the molecule is COC(=O)C1=C(OC)/C(=C(/OC)c2ccccc2)N=C1OC. The van der Waals surface area contributed by atoms with Gasteiger partial charge in [-0.15, -0.1) is 0 Å². The first kappa shape index (κ1) is 15.6. The molecule has 1 aromatic rings. The maximum absolute atomic E-state index is 12.0. The summed E-state index contributed by atoms with van der Waals surface area (Å²) in [6, 6.07) is 9.39. The van der Waals surface area contributed by atoms with Crippen LogP contribution in [-0.2, 0) is 23.7 Å².